The van der Waals surface area contributed by atoms with Crippen LogP contribution in [0.1, 0.15) is 37.2 Å². The second-order valence-corrected chi connectivity index (χ2v) is 6.29. The standard InChI is InChI=1S/C18H23NO5/c1-22-14-8-7-11(9-15(14)24-12-5-3-4-6-12)13-10-19-17(20)16(13)18(21)23-2/h7-9,12-13,16H,3-6,10H2,1-2H3,(H,19,20)/t13-,16?/m1/s1. The number of rotatable bonds is 5. The van der Waals surface area contributed by atoms with Gasteiger partial charge in [-0.05, 0) is 43.4 Å². The van der Waals surface area contributed by atoms with Gasteiger partial charge in [0.2, 0.25) is 5.91 Å². The fraction of sp³-hybridized carbons (Fsp3) is 0.556. The summed E-state index contributed by atoms with van der Waals surface area (Å²) in [7, 11) is 2.90. The number of carbonyl (C=O) groups excluding carboxylic acids is 2. The minimum atomic E-state index is -0.817. The van der Waals surface area contributed by atoms with Gasteiger partial charge in [-0.1, -0.05) is 6.07 Å². The zero-order valence-corrected chi connectivity index (χ0v) is 14.0. The summed E-state index contributed by atoms with van der Waals surface area (Å²) in [5.74, 6) is -0.545. The molecule has 24 heavy (non-hydrogen) atoms. The highest BCUT2D eigenvalue weighted by Crippen LogP contribution is 2.37. The smallest absolute Gasteiger partial charge is 0.318 e. The monoisotopic (exact) mass is 333 g/mol. The molecule has 1 unspecified atom stereocenters. The van der Waals surface area contributed by atoms with Crippen LogP contribution in [0.15, 0.2) is 18.2 Å². The molecule has 1 saturated carbocycles. The molecule has 1 saturated heterocycles. The van der Waals surface area contributed by atoms with Crippen LogP contribution in [0.2, 0.25) is 0 Å². The molecule has 2 atom stereocenters. The van der Waals surface area contributed by atoms with E-state index in [1.807, 2.05) is 18.2 Å². The molecule has 0 aromatic heterocycles. The zero-order valence-electron chi connectivity index (χ0n) is 14.0. The highest BCUT2D eigenvalue weighted by Gasteiger charge is 2.42. The first-order chi connectivity index (χ1) is 11.6. The Hall–Kier alpha value is -2.24. The van der Waals surface area contributed by atoms with E-state index < -0.39 is 11.9 Å². The summed E-state index contributed by atoms with van der Waals surface area (Å²) in [6.45, 7) is 0.411. The van der Waals surface area contributed by atoms with Crippen molar-refractivity contribution in [1.29, 1.82) is 0 Å². The third kappa shape index (κ3) is 3.18. The Bertz CT molecular complexity index is 624. The number of methoxy groups -OCH3 is 2. The van der Waals surface area contributed by atoms with Gasteiger partial charge in [-0.25, -0.2) is 0 Å². The van der Waals surface area contributed by atoms with Crippen LogP contribution in [0.25, 0.3) is 0 Å². The molecule has 0 spiro atoms. The Morgan fingerprint density at radius 3 is 2.58 bits per heavy atom. The van der Waals surface area contributed by atoms with Gasteiger partial charge in [0.05, 0.1) is 20.3 Å². The van der Waals surface area contributed by atoms with Crippen LogP contribution < -0.4 is 14.8 Å². The van der Waals surface area contributed by atoms with Crippen LogP contribution in [-0.4, -0.2) is 38.7 Å². The maximum absolute atomic E-state index is 12.0. The van der Waals surface area contributed by atoms with E-state index in [9.17, 15) is 9.59 Å². The van der Waals surface area contributed by atoms with E-state index in [4.69, 9.17) is 14.2 Å². The molecule has 3 rings (SSSR count). The van der Waals surface area contributed by atoms with Gasteiger partial charge >= 0.3 is 5.97 Å². The van der Waals surface area contributed by atoms with E-state index in [2.05, 4.69) is 5.32 Å². The van der Waals surface area contributed by atoms with Crippen LogP contribution in [0.3, 0.4) is 0 Å². The predicted octanol–water partition coefficient (Wildman–Crippen LogP) is 2.02. The summed E-state index contributed by atoms with van der Waals surface area (Å²) in [5, 5.41) is 2.74. The maximum Gasteiger partial charge on any atom is 0.318 e. The first-order valence-corrected chi connectivity index (χ1v) is 8.34. The van der Waals surface area contributed by atoms with Crippen molar-refractivity contribution in [1.82, 2.24) is 5.32 Å². The number of nitrogens with one attached hydrogen (secondary N) is 1. The Kier molecular flexibility index (Phi) is 4.92. The van der Waals surface area contributed by atoms with Gasteiger partial charge < -0.3 is 19.5 Å². The third-order valence-corrected chi connectivity index (χ3v) is 4.85. The highest BCUT2D eigenvalue weighted by molar-refractivity contribution is 6.00. The van der Waals surface area contributed by atoms with Crippen molar-refractivity contribution < 1.29 is 23.8 Å². The molecule has 1 heterocycles. The number of esters is 1. The average Bonchev–Trinajstić information content (AvgIpc) is 3.23. The Morgan fingerprint density at radius 2 is 1.92 bits per heavy atom. The molecule has 130 valence electrons. The molecule has 1 amide bonds. The molecule has 1 aromatic rings. The number of amides is 1. The predicted molar refractivity (Wildman–Crippen MR) is 87.1 cm³/mol. The molecular weight excluding hydrogens is 310 g/mol. The van der Waals surface area contributed by atoms with Crippen molar-refractivity contribution in [2.45, 2.75) is 37.7 Å². The third-order valence-electron chi connectivity index (χ3n) is 4.85. The molecule has 6 nitrogen and oxygen atoms in total. The van der Waals surface area contributed by atoms with Crippen LogP contribution >= 0.6 is 0 Å². The van der Waals surface area contributed by atoms with Gasteiger partial charge in [-0.15, -0.1) is 0 Å². The van der Waals surface area contributed by atoms with Crippen molar-refractivity contribution in [2.24, 2.45) is 5.92 Å². The molecule has 1 N–H and O–H groups in total. The largest absolute Gasteiger partial charge is 0.493 e. The topological polar surface area (TPSA) is 73.9 Å². The zero-order chi connectivity index (χ0) is 17.1. The van der Waals surface area contributed by atoms with Crippen molar-refractivity contribution >= 4 is 11.9 Å². The average molecular weight is 333 g/mol. The minimum absolute atomic E-state index is 0.203. The quantitative estimate of drug-likeness (QED) is 0.659. The van der Waals surface area contributed by atoms with Gasteiger partial charge in [0.25, 0.3) is 0 Å². The summed E-state index contributed by atoms with van der Waals surface area (Å²) < 4.78 is 16.3. The molecule has 2 fully saturated rings. The Labute approximate surface area is 141 Å². The molecule has 0 bridgehead atoms. The van der Waals surface area contributed by atoms with Gasteiger partial charge in [0, 0.05) is 12.5 Å². The van der Waals surface area contributed by atoms with Crippen molar-refractivity contribution in [2.75, 3.05) is 20.8 Å². The van der Waals surface area contributed by atoms with E-state index in [1.165, 1.54) is 20.0 Å². The van der Waals surface area contributed by atoms with Crippen LogP contribution in [-0.2, 0) is 14.3 Å². The second kappa shape index (κ2) is 7.11. The summed E-state index contributed by atoms with van der Waals surface area (Å²) in [6, 6.07) is 5.59. The minimum Gasteiger partial charge on any atom is -0.493 e. The number of hydrogen-bond acceptors (Lipinski definition) is 5. The summed E-state index contributed by atoms with van der Waals surface area (Å²) in [4.78, 5) is 23.9. The van der Waals surface area contributed by atoms with Gasteiger partial charge in [0.1, 0.15) is 5.92 Å². The van der Waals surface area contributed by atoms with E-state index in [0.717, 1.165) is 18.4 Å². The molecule has 0 radical (unpaired) electrons. The van der Waals surface area contributed by atoms with Crippen LogP contribution in [0.5, 0.6) is 11.5 Å². The van der Waals surface area contributed by atoms with Crippen molar-refractivity contribution in [3.05, 3.63) is 23.8 Å². The lowest BCUT2D eigenvalue weighted by Gasteiger charge is -2.20. The fourth-order valence-corrected chi connectivity index (χ4v) is 3.53. The first kappa shape index (κ1) is 16.6. The molecule has 1 aromatic carbocycles. The lowest BCUT2D eigenvalue weighted by Crippen LogP contribution is -2.28. The number of hydrogen-bond donors (Lipinski definition) is 1. The Morgan fingerprint density at radius 1 is 1.17 bits per heavy atom. The van der Waals surface area contributed by atoms with E-state index >= 15 is 0 Å². The SMILES string of the molecule is COC(=O)C1C(=O)NC[C@@H]1c1ccc(OC)c(OC2CCCC2)c1. The molecule has 1 aliphatic heterocycles. The van der Waals surface area contributed by atoms with E-state index in [-0.39, 0.29) is 17.9 Å². The molecule has 6 heteroatoms. The fourth-order valence-electron chi connectivity index (χ4n) is 3.53. The Balaban J connectivity index is 1.87. The second-order valence-electron chi connectivity index (χ2n) is 6.29. The lowest BCUT2D eigenvalue weighted by atomic mass is 9.88. The van der Waals surface area contributed by atoms with Crippen LogP contribution in [0, 0.1) is 5.92 Å². The lowest BCUT2D eigenvalue weighted by molar-refractivity contribution is -0.149. The van der Waals surface area contributed by atoms with Crippen LogP contribution in [0.4, 0.5) is 0 Å². The maximum atomic E-state index is 12.0. The normalized spacial score (nSPS) is 23.8. The molecule has 2 aliphatic rings. The van der Waals surface area contributed by atoms with E-state index in [1.54, 1.807) is 7.11 Å². The van der Waals surface area contributed by atoms with Gasteiger partial charge in [-0.2, -0.15) is 0 Å². The number of carbonyl (C=O) groups is 2. The first-order valence-electron chi connectivity index (χ1n) is 8.34. The summed E-state index contributed by atoms with van der Waals surface area (Å²) in [5.41, 5.74) is 0.873. The van der Waals surface area contributed by atoms with Gasteiger partial charge in [0.15, 0.2) is 11.5 Å². The number of ether oxygens (including phenoxy) is 3. The van der Waals surface area contributed by atoms with E-state index in [0.29, 0.717) is 18.0 Å². The van der Waals surface area contributed by atoms with Crippen molar-refractivity contribution in [3.63, 3.8) is 0 Å². The molecular formula is C18H23NO5. The summed E-state index contributed by atoms with van der Waals surface area (Å²) >= 11 is 0. The molecule has 1 aliphatic carbocycles. The summed E-state index contributed by atoms with van der Waals surface area (Å²) in [6.07, 6.45) is 4.65. The number of benzene rings is 1. The van der Waals surface area contributed by atoms with Crippen molar-refractivity contribution in [3.8, 4) is 11.5 Å². The highest BCUT2D eigenvalue weighted by atomic mass is 16.5. The van der Waals surface area contributed by atoms with Gasteiger partial charge in [-0.3, -0.25) is 9.59 Å².